The average molecular weight is 905 g/mol. The number of alkyl carbamates (subject to hydrolysis) is 2. The Morgan fingerprint density at radius 3 is 2.03 bits per heavy atom. The van der Waals surface area contributed by atoms with Gasteiger partial charge in [-0.2, -0.15) is 0 Å². The van der Waals surface area contributed by atoms with E-state index in [9.17, 15) is 24.0 Å². The first kappa shape index (κ1) is 45.5. The van der Waals surface area contributed by atoms with Gasteiger partial charge in [0, 0.05) is 49.4 Å². The molecule has 19 heteroatoms. The Kier molecular flexibility index (Phi) is 13.8. The zero-order valence-electron chi connectivity index (χ0n) is 37.7. The quantitative estimate of drug-likeness (QED) is 0.115. The first-order valence-electron chi connectivity index (χ1n) is 22.3. The molecule has 8 rings (SSSR count). The molecule has 0 spiro atoms. The Morgan fingerprint density at radius 2 is 1.35 bits per heavy atom. The minimum atomic E-state index is -0.850. The van der Waals surface area contributed by atoms with Gasteiger partial charge in [-0.1, -0.05) is 50.2 Å². The number of likely N-dealkylation sites (tertiary alicyclic amines) is 1. The molecule has 5 aromatic rings. The number of imidazole rings is 2. The predicted molar refractivity (Wildman–Crippen MR) is 242 cm³/mol. The highest BCUT2D eigenvalue weighted by Crippen LogP contribution is 2.35. The maximum Gasteiger partial charge on any atom is 0.409 e. The minimum Gasteiger partial charge on any atom is -0.453 e. The number of nitrogens with one attached hydrogen (secondary N) is 4. The van der Waals surface area contributed by atoms with Gasteiger partial charge in [0.15, 0.2) is 0 Å². The number of aromatic amines is 2. The number of hydrogen-bond acceptors (Lipinski definition) is 12. The maximum absolute atomic E-state index is 14.0. The Hall–Kier alpha value is -7.02. The van der Waals surface area contributed by atoms with Crippen molar-refractivity contribution < 1.29 is 42.9 Å². The monoisotopic (exact) mass is 904 g/mol. The molecule has 3 fully saturated rings. The molecule has 3 saturated heterocycles. The molecule has 4 atom stereocenters. The Bertz CT molecular complexity index is 2550. The maximum atomic E-state index is 14.0. The van der Waals surface area contributed by atoms with E-state index < -0.39 is 36.4 Å². The van der Waals surface area contributed by atoms with Gasteiger partial charge in [0.2, 0.25) is 11.8 Å². The van der Waals surface area contributed by atoms with Crippen LogP contribution in [-0.4, -0.2) is 143 Å². The zero-order chi connectivity index (χ0) is 46.5. The topological polar surface area (TPSA) is 226 Å². The van der Waals surface area contributed by atoms with Crippen LogP contribution in [0.15, 0.2) is 67.0 Å². The number of piperazine rings is 1. The molecule has 3 aliphatic heterocycles. The van der Waals surface area contributed by atoms with Crippen molar-refractivity contribution in [3.63, 3.8) is 0 Å². The van der Waals surface area contributed by atoms with Crippen molar-refractivity contribution in [3.05, 3.63) is 78.6 Å². The normalized spacial score (nSPS) is 18.8. The number of rotatable bonds is 11. The van der Waals surface area contributed by atoms with Gasteiger partial charge < -0.3 is 54.2 Å². The van der Waals surface area contributed by atoms with Crippen molar-refractivity contribution in [1.82, 2.24) is 50.3 Å². The van der Waals surface area contributed by atoms with E-state index in [1.165, 1.54) is 26.2 Å². The van der Waals surface area contributed by atoms with Gasteiger partial charge >= 0.3 is 18.3 Å². The lowest BCUT2D eigenvalue weighted by Crippen LogP contribution is -2.58. The molecule has 5 amide bonds. The molecule has 19 nitrogen and oxygen atoms in total. The molecule has 0 bridgehead atoms. The van der Waals surface area contributed by atoms with E-state index >= 15 is 0 Å². The summed E-state index contributed by atoms with van der Waals surface area (Å²) in [5.41, 5.74) is 5.85. The van der Waals surface area contributed by atoms with Crippen LogP contribution in [0.3, 0.4) is 0 Å². The number of aromatic nitrogens is 5. The number of pyridine rings is 1. The van der Waals surface area contributed by atoms with Crippen LogP contribution in [0, 0.1) is 11.8 Å². The summed E-state index contributed by atoms with van der Waals surface area (Å²) in [6.45, 7) is 5.94. The van der Waals surface area contributed by atoms with Crippen LogP contribution < -0.4 is 10.6 Å². The Balaban J connectivity index is 0.960. The fraction of sp³-hybridized carbons (Fsp3) is 0.447. The molecule has 0 aliphatic carbocycles. The summed E-state index contributed by atoms with van der Waals surface area (Å²) in [7, 11) is 3.86. The largest absolute Gasteiger partial charge is 0.453 e. The van der Waals surface area contributed by atoms with E-state index in [0.717, 1.165) is 57.5 Å². The SMILES string of the molecule is COC(=O)NC(C(=O)N1CCN(C(=O)OC)CC1c1ncc(-c2ccc(-c3ccc4cc(-c5cnc(C6CCCN6C(=O)C(NC(=O)OC)C6CCOCC6)[nH]5)ccc4n3)cc2)[nH]1)C(C)C. The lowest BCUT2D eigenvalue weighted by molar-refractivity contribution is -0.139. The van der Waals surface area contributed by atoms with E-state index in [1.54, 1.807) is 17.3 Å². The summed E-state index contributed by atoms with van der Waals surface area (Å²) in [6, 6.07) is 15.5. The Morgan fingerprint density at radius 1 is 0.712 bits per heavy atom. The van der Waals surface area contributed by atoms with Crippen LogP contribution in [0.2, 0.25) is 0 Å². The second-order valence-electron chi connectivity index (χ2n) is 17.1. The van der Waals surface area contributed by atoms with Crippen LogP contribution in [-0.2, 0) is 28.5 Å². The fourth-order valence-electron chi connectivity index (χ4n) is 9.14. The van der Waals surface area contributed by atoms with E-state index in [4.69, 9.17) is 28.9 Å². The molecule has 0 radical (unpaired) electrons. The average Bonchev–Trinajstić information content (AvgIpc) is 4.16. The molecular weight excluding hydrogens is 849 g/mol. The second-order valence-corrected chi connectivity index (χ2v) is 17.1. The molecule has 4 unspecified atom stereocenters. The van der Waals surface area contributed by atoms with Crippen LogP contribution in [0.1, 0.15) is 63.3 Å². The third kappa shape index (κ3) is 9.66. The number of H-pyrrole nitrogens is 2. The number of nitrogens with zero attached hydrogens (tertiary/aromatic N) is 6. The van der Waals surface area contributed by atoms with E-state index in [1.807, 2.05) is 67.3 Å². The summed E-state index contributed by atoms with van der Waals surface area (Å²) in [5, 5.41) is 6.41. The summed E-state index contributed by atoms with van der Waals surface area (Å²) in [6.07, 6.45) is 4.58. The second kappa shape index (κ2) is 20.0. The molecule has 66 heavy (non-hydrogen) atoms. The number of benzene rings is 2. The van der Waals surface area contributed by atoms with Gasteiger partial charge in [0.05, 0.1) is 68.9 Å². The minimum absolute atomic E-state index is 0.0476. The highest BCUT2D eigenvalue weighted by atomic mass is 16.5. The third-order valence-corrected chi connectivity index (χ3v) is 12.8. The van der Waals surface area contributed by atoms with Crippen molar-refractivity contribution in [2.45, 2.75) is 63.7 Å². The van der Waals surface area contributed by atoms with Gasteiger partial charge in [-0.3, -0.25) is 9.59 Å². The fourth-order valence-corrected chi connectivity index (χ4v) is 9.14. The molecule has 3 aromatic heterocycles. The van der Waals surface area contributed by atoms with Crippen molar-refractivity contribution >= 4 is 41.0 Å². The lowest BCUT2D eigenvalue weighted by atomic mass is 9.90. The van der Waals surface area contributed by atoms with Gasteiger partial charge in [-0.15, -0.1) is 0 Å². The summed E-state index contributed by atoms with van der Waals surface area (Å²) < 4.78 is 20.2. The number of ether oxygens (including phenoxy) is 4. The highest BCUT2D eigenvalue weighted by molar-refractivity contribution is 5.88. The smallest absolute Gasteiger partial charge is 0.409 e. The van der Waals surface area contributed by atoms with Crippen LogP contribution in [0.4, 0.5) is 14.4 Å². The lowest BCUT2D eigenvalue weighted by Gasteiger charge is -2.41. The first-order chi connectivity index (χ1) is 32.0. The predicted octanol–water partition coefficient (Wildman–Crippen LogP) is 5.83. The molecule has 0 saturated carbocycles. The number of fused-ring (bicyclic) bond motifs is 1. The molecule has 2 aromatic carbocycles. The first-order valence-corrected chi connectivity index (χ1v) is 22.3. The van der Waals surface area contributed by atoms with Gasteiger partial charge in [0.25, 0.3) is 0 Å². The summed E-state index contributed by atoms with van der Waals surface area (Å²) in [5.74, 6) is 0.458. The van der Waals surface area contributed by atoms with Crippen molar-refractivity contribution in [3.8, 4) is 33.8 Å². The number of hydrogen-bond donors (Lipinski definition) is 4. The Labute approximate surface area is 381 Å². The van der Waals surface area contributed by atoms with E-state index in [-0.39, 0.29) is 49.3 Å². The van der Waals surface area contributed by atoms with Crippen molar-refractivity contribution in [1.29, 1.82) is 0 Å². The van der Waals surface area contributed by atoms with Crippen molar-refractivity contribution in [2.75, 3.05) is 60.7 Å². The molecular formula is C47H56N10O9. The number of carbonyl (C=O) groups is 5. The molecule has 6 heterocycles. The van der Waals surface area contributed by atoms with Crippen LogP contribution >= 0.6 is 0 Å². The van der Waals surface area contributed by atoms with Crippen LogP contribution in [0.5, 0.6) is 0 Å². The summed E-state index contributed by atoms with van der Waals surface area (Å²) in [4.78, 5) is 91.2. The third-order valence-electron chi connectivity index (χ3n) is 12.8. The van der Waals surface area contributed by atoms with Crippen molar-refractivity contribution in [2.24, 2.45) is 11.8 Å². The number of amides is 5. The highest BCUT2D eigenvalue weighted by Gasteiger charge is 2.41. The van der Waals surface area contributed by atoms with E-state index in [0.29, 0.717) is 44.2 Å². The van der Waals surface area contributed by atoms with E-state index in [2.05, 4.69) is 31.7 Å². The summed E-state index contributed by atoms with van der Waals surface area (Å²) >= 11 is 0. The van der Waals surface area contributed by atoms with Crippen LogP contribution in [0.25, 0.3) is 44.7 Å². The standard InChI is InChI=1S/C47H56N10O9/c1-27(2)39(53-45(60)63-3)43(58)57-20-19-55(47(62)65-5)26-38(57)42-49-24-35(51-42)29-10-8-28(9-11-29)33-14-12-31-23-32(13-15-34(31)50-33)36-25-48-41(52-36)37-7-6-18-56(37)44(59)40(54-46(61)64-4)30-16-21-66-22-17-30/h8-15,23-25,27,30,37-40H,6-7,16-22,26H2,1-5H3,(H,48,52)(H,49,51)(H,53,60)(H,54,61). The van der Waals surface area contributed by atoms with Gasteiger partial charge in [-0.05, 0) is 61.3 Å². The zero-order valence-corrected chi connectivity index (χ0v) is 37.7. The number of methoxy groups -OCH3 is 3. The van der Waals surface area contributed by atoms with Gasteiger partial charge in [0.1, 0.15) is 29.8 Å². The molecule has 4 N–H and O–H groups in total. The number of carbonyl (C=O) groups excluding carboxylic acids is 5. The molecule has 3 aliphatic rings. The van der Waals surface area contributed by atoms with Gasteiger partial charge in [-0.25, -0.2) is 29.3 Å². The molecule has 348 valence electrons.